The van der Waals surface area contributed by atoms with Gasteiger partial charge in [0.25, 0.3) is 11.5 Å². The Hall–Kier alpha value is -3.51. The molecule has 186 valence electrons. The van der Waals surface area contributed by atoms with Crippen molar-refractivity contribution < 1.29 is 14.6 Å². The van der Waals surface area contributed by atoms with Gasteiger partial charge < -0.3 is 15.2 Å². The summed E-state index contributed by atoms with van der Waals surface area (Å²) in [5.41, 5.74) is 1.81. The van der Waals surface area contributed by atoms with E-state index < -0.39 is 29.0 Å². The number of ether oxygens (including phenoxy) is 1. The second kappa shape index (κ2) is 10.2. The summed E-state index contributed by atoms with van der Waals surface area (Å²) in [6.07, 6.45) is 2.83. The Morgan fingerprint density at radius 3 is 2.64 bits per heavy atom. The van der Waals surface area contributed by atoms with Crippen LogP contribution in [0.3, 0.4) is 0 Å². The predicted molar refractivity (Wildman–Crippen MR) is 135 cm³/mol. The van der Waals surface area contributed by atoms with E-state index in [0.717, 1.165) is 29.7 Å². The molecule has 1 amide bonds. The van der Waals surface area contributed by atoms with Crippen molar-refractivity contribution in [3.05, 3.63) is 87.8 Å². The molecule has 5 rings (SSSR count). The summed E-state index contributed by atoms with van der Waals surface area (Å²) in [6, 6.07) is 19.2. The quantitative estimate of drug-likeness (QED) is 0.573. The van der Waals surface area contributed by atoms with Gasteiger partial charge >= 0.3 is 0 Å². The maximum absolute atomic E-state index is 13.2. The van der Waals surface area contributed by atoms with Crippen molar-refractivity contribution in [2.45, 2.75) is 43.4 Å². The first kappa shape index (κ1) is 24.2. The predicted octanol–water partition coefficient (Wildman–Crippen LogP) is 2.24. The number of nitriles is 1. The van der Waals surface area contributed by atoms with Crippen LogP contribution in [0.1, 0.15) is 40.7 Å². The standard InChI is InChI=1S/C28H30N4O4/c29-19-28(21-6-2-1-3-7-21)10-13-31(14-11-28)17-20-16-22(27(35)32-12-5-4-8-24(20)32)26(34)30-23-18-36-15-9-25(23)33/h1-8,12,16,23,25,33H,9-11,13-15,17-18H2,(H,30,34)/t23-,25-/m0/s1. The Balaban J connectivity index is 1.39. The first-order valence-electron chi connectivity index (χ1n) is 12.4. The van der Waals surface area contributed by atoms with Crippen molar-refractivity contribution >= 4 is 11.4 Å². The van der Waals surface area contributed by atoms with Crippen LogP contribution in [0.15, 0.2) is 65.6 Å². The number of likely N-dealkylation sites (tertiary alicyclic amines) is 1. The van der Waals surface area contributed by atoms with Gasteiger partial charge in [-0.1, -0.05) is 36.4 Å². The zero-order valence-electron chi connectivity index (χ0n) is 20.1. The average molecular weight is 487 g/mol. The fraction of sp³-hybridized carbons (Fsp3) is 0.393. The highest BCUT2D eigenvalue weighted by Gasteiger charge is 2.36. The van der Waals surface area contributed by atoms with Gasteiger partial charge in [0.15, 0.2) is 0 Å². The monoisotopic (exact) mass is 486 g/mol. The summed E-state index contributed by atoms with van der Waals surface area (Å²) in [6.45, 7) is 2.68. The van der Waals surface area contributed by atoms with Crippen LogP contribution in [-0.4, -0.2) is 58.8 Å². The molecular formula is C28H30N4O4. The highest BCUT2D eigenvalue weighted by molar-refractivity contribution is 5.94. The lowest BCUT2D eigenvalue weighted by molar-refractivity contribution is -0.0140. The number of pyridine rings is 2. The first-order chi connectivity index (χ1) is 17.5. The normalized spacial score (nSPS) is 22.1. The first-order valence-corrected chi connectivity index (χ1v) is 12.4. The van der Waals surface area contributed by atoms with Gasteiger partial charge in [-0.2, -0.15) is 5.26 Å². The lowest BCUT2D eigenvalue weighted by Gasteiger charge is -2.37. The van der Waals surface area contributed by atoms with Crippen molar-refractivity contribution in [2.24, 2.45) is 0 Å². The van der Waals surface area contributed by atoms with Crippen LogP contribution in [0.25, 0.3) is 5.52 Å². The molecule has 2 aliphatic heterocycles. The molecule has 0 bridgehead atoms. The van der Waals surface area contributed by atoms with E-state index in [-0.39, 0.29) is 12.2 Å². The molecule has 2 atom stereocenters. The van der Waals surface area contributed by atoms with Gasteiger partial charge in [-0.05, 0) is 48.6 Å². The van der Waals surface area contributed by atoms with E-state index >= 15 is 0 Å². The van der Waals surface area contributed by atoms with Crippen molar-refractivity contribution in [2.75, 3.05) is 26.3 Å². The van der Waals surface area contributed by atoms with Crippen molar-refractivity contribution in [3.8, 4) is 6.07 Å². The molecule has 2 aliphatic rings. The molecule has 2 fully saturated rings. The molecular weight excluding hydrogens is 456 g/mol. The fourth-order valence-electron chi connectivity index (χ4n) is 5.28. The van der Waals surface area contributed by atoms with E-state index in [1.54, 1.807) is 18.3 Å². The van der Waals surface area contributed by atoms with Crippen molar-refractivity contribution in [1.82, 2.24) is 14.6 Å². The number of fused-ring (bicyclic) bond motifs is 1. The van der Waals surface area contributed by atoms with E-state index in [1.807, 2.05) is 42.5 Å². The Morgan fingerprint density at radius 1 is 1.17 bits per heavy atom. The minimum absolute atomic E-state index is 0.0409. The van der Waals surface area contributed by atoms with Crippen LogP contribution >= 0.6 is 0 Å². The molecule has 1 aromatic carbocycles. The molecule has 0 unspecified atom stereocenters. The van der Waals surface area contributed by atoms with Gasteiger partial charge in [-0.3, -0.25) is 18.9 Å². The van der Waals surface area contributed by atoms with E-state index in [9.17, 15) is 20.0 Å². The molecule has 2 aromatic heterocycles. The van der Waals surface area contributed by atoms with Crippen LogP contribution in [0.2, 0.25) is 0 Å². The second-order valence-electron chi connectivity index (χ2n) is 9.69. The van der Waals surface area contributed by atoms with Gasteiger partial charge in [-0.15, -0.1) is 0 Å². The smallest absolute Gasteiger partial charge is 0.267 e. The molecule has 3 aromatic rings. The van der Waals surface area contributed by atoms with Crippen LogP contribution in [0.4, 0.5) is 0 Å². The Morgan fingerprint density at radius 2 is 1.92 bits per heavy atom. The number of aliphatic hydroxyl groups excluding tert-OH is 1. The number of carbonyl (C=O) groups excluding carboxylic acids is 1. The van der Waals surface area contributed by atoms with Crippen molar-refractivity contribution in [3.63, 3.8) is 0 Å². The maximum Gasteiger partial charge on any atom is 0.267 e. The Bertz CT molecular complexity index is 1340. The lowest BCUT2D eigenvalue weighted by Crippen LogP contribution is -2.50. The number of piperidine rings is 1. The molecule has 0 saturated carbocycles. The van der Waals surface area contributed by atoms with Gasteiger partial charge in [0, 0.05) is 32.4 Å². The lowest BCUT2D eigenvalue weighted by atomic mass is 9.74. The van der Waals surface area contributed by atoms with Crippen LogP contribution < -0.4 is 10.9 Å². The number of aliphatic hydroxyl groups is 1. The summed E-state index contributed by atoms with van der Waals surface area (Å²) < 4.78 is 6.89. The molecule has 36 heavy (non-hydrogen) atoms. The summed E-state index contributed by atoms with van der Waals surface area (Å²) >= 11 is 0. The molecule has 0 aliphatic carbocycles. The van der Waals surface area contributed by atoms with Crippen LogP contribution in [-0.2, 0) is 16.7 Å². The topological polar surface area (TPSA) is 107 Å². The molecule has 0 spiro atoms. The van der Waals surface area contributed by atoms with Crippen molar-refractivity contribution in [1.29, 1.82) is 5.26 Å². The van der Waals surface area contributed by atoms with Gasteiger partial charge in [0.05, 0.1) is 35.8 Å². The molecule has 8 nitrogen and oxygen atoms in total. The summed E-state index contributed by atoms with van der Waals surface area (Å²) in [4.78, 5) is 28.6. The fourth-order valence-corrected chi connectivity index (χ4v) is 5.28. The molecule has 4 heterocycles. The number of carbonyl (C=O) groups is 1. The van der Waals surface area contributed by atoms with E-state index in [4.69, 9.17) is 4.74 Å². The third-order valence-corrected chi connectivity index (χ3v) is 7.48. The molecule has 2 N–H and O–H groups in total. The molecule has 8 heteroatoms. The maximum atomic E-state index is 13.2. The van der Waals surface area contributed by atoms with Gasteiger partial charge in [0.1, 0.15) is 5.56 Å². The number of nitrogens with zero attached hydrogens (tertiary/aromatic N) is 3. The zero-order valence-corrected chi connectivity index (χ0v) is 20.1. The highest BCUT2D eigenvalue weighted by atomic mass is 16.5. The number of amides is 1. The number of hydrogen-bond donors (Lipinski definition) is 2. The SMILES string of the molecule is N#CC1(c2ccccc2)CCN(Cc2cc(C(=O)N[C@H]3COCC[C@@H]3O)c(=O)n3ccccc23)CC1. The van der Waals surface area contributed by atoms with E-state index in [1.165, 1.54) is 4.40 Å². The number of aromatic nitrogens is 1. The number of rotatable bonds is 5. The summed E-state index contributed by atoms with van der Waals surface area (Å²) in [5.74, 6) is -0.514. The molecule has 0 radical (unpaired) electrons. The minimum Gasteiger partial charge on any atom is -0.391 e. The Labute approximate surface area is 209 Å². The van der Waals surface area contributed by atoms with Gasteiger partial charge in [-0.25, -0.2) is 0 Å². The van der Waals surface area contributed by atoms with Crippen LogP contribution in [0.5, 0.6) is 0 Å². The molecule has 2 saturated heterocycles. The number of hydrogen-bond acceptors (Lipinski definition) is 6. The van der Waals surface area contributed by atoms with Crippen LogP contribution in [0, 0.1) is 11.3 Å². The minimum atomic E-state index is -0.705. The summed E-state index contributed by atoms with van der Waals surface area (Å²) in [7, 11) is 0. The second-order valence-corrected chi connectivity index (χ2v) is 9.69. The number of benzene rings is 1. The summed E-state index contributed by atoms with van der Waals surface area (Å²) in [5, 5.41) is 23.0. The van der Waals surface area contributed by atoms with Gasteiger partial charge in [0.2, 0.25) is 0 Å². The van der Waals surface area contributed by atoms with E-state index in [2.05, 4.69) is 16.3 Å². The average Bonchev–Trinajstić information content (AvgIpc) is 2.92. The largest absolute Gasteiger partial charge is 0.391 e. The zero-order chi connectivity index (χ0) is 25.1. The van der Waals surface area contributed by atoms with E-state index in [0.29, 0.717) is 32.4 Å². The highest BCUT2D eigenvalue weighted by Crippen LogP contribution is 2.35. The number of nitrogens with one attached hydrogen (secondary N) is 1. The Kier molecular flexibility index (Phi) is 6.88. The third-order valence-electron chi connectivity index (χ3n) is 7.48. The third kappa shape index (κ3) is 4.65.